The van der Waals surface area contributed by atoms with Crippen LogP contribution in [0.2, 0.25) is 0 Å². The molecule has 5 aromatic carbocycles. The largest absolute Gasteiger partial charge is 0.496 e. The number of methoxy groups -OCH3 is 4. The average molecular weight is 629 g/mol. The highest BCUT2D eigenvalue weighted by molar-refractivity contribution is 7.86. The van der Waals surface area contributed by atoms with Gasteiger partial charge in [-0.25, -0.2) is 0 Å². The van der Waals surface area contributed by atoms with Gasteiger partial charge in [0.25, 0.3) is 10.1 Å². The van der Waals surface area contributed by atoms with Crippen molar-refractivity contribution >= 4 is 34.0 Å². The Morgan fingerprint density at radius 2 is 0.955 bits per heavy atom. The van der Waals surface area contributed by atoms with Gasteiger partial charge >= 0.3 is 0 Å². The Morgan fingerprint density at radius 3 is 1.34 bits per heavy atom. The molecule has 0 saturated carbocycles. The third-order valence-corrected chi connectivity index (χ3v) is 11.0. The molecular formula is C35H33O7PS. The number of rotatable bonds is 10. The fourth-order valence-electron chi connectivity index (χ4n) is 5.37. The first-order valence-electron chi connectivity index (χ1n) is 13.7. The summed E-state index contributed by atoms with van der Waals surface area (Å²) < 4.78 is 58.1. The summed E-state index contributed by atoms with van der Waals surface area (Å²) in [5.41, 5.74) is 4.15. The van der Waals surface area contributed by atoms with E-state index < -0.39 is 18.0 Å². The van der Waals surface area contributed by atoms with Crippen LogP contribution in [0.4, 0.5) is 0 Å². The molecular weight excluding hydrogens is 595 g/mol. The second-order valence-corrected chi connectivity index (χ2v) is 13.4. The molecule has 44 heavy (non-hydrogen) atoms. The second kappa shape index (κ2) is 13.1. The number of ether oxygens (including phenoxy) is 4. The zero-order chi connectivity index (χ0) is 31.4. The number of benzene rings is 5. The molecule has 9 heteroatoms. The predicted molar refractivity (Wildman–Crippen MR) is 177 cm³/mol. The Kier molecular flexibility index (Phi) is 9.25. The molecule has 0 heterocycles. The van der Waals surface area contributed by atoms with Crippen LogP contribution in [0.5, 0.6) is 23.0 Å². The number of aryl methyl sites for hydroxylation is 1. The van der Waals surface area contributed by atoms with Gasteiger partial charge in [0, 0.05) is 0 Å². The zero-order valence-electron chi connectivity index (χ0n) is 25.1. The highest BCUT2D eigenvalue weighted by atomic mass is 32.2. The Balaban J connectivity index is 1.93. The summed E-state index contributed by atoms with van der Waals surface area (Å²) in [5, 5.41) is 2.63. The quantitative estimate of drug-likeness (QED) is 0.142. The molecule has 7 nitrogen and oxygen atoms in total. The minimum atomic E-state index is -4.48. The molecule has 5 aromatic rings. The van der Waals surface area contributed by atoms with Crippen molar-refractivity contribution < 1.29 is 31.9 Å². The van der Waals surface area contributed by atoms with Gasteiger partial charge in [0.1, 0.15) is 23.0 Å². The first kappa shape index (κ1) is 31.1. The van der Waals surface area contributed by atoms with Gasteiger partial charge in [0.15, 0.2) is 0 Å². The van der Waals surface area contributed by atoms with Crippen molar-refractivity contribution in [3.63, 3.8) is 0 Å². The summed E-state index contributed by atoms with van der Waals surface area (Å²) >= 11 is 0. The van der Waals surface area contributed by atoms with Gasteiger partial charge in [-0.2, -0.15) is 8.42 Å². The highest BCUT2D eigenvalue weighted by Gasteiger charge is 2.29. The smallest absolute Gasteiger partial charge is 0.294 e. The van der Waals surface area contributed by atoms with Crippen molar-refractivity contribution in [2.75, 3.05) is 28.4 Å². The molecule has 226 valence electrons. The van der Waals surface area contributed by atoms with E-state index >= 15 is 0 Å². The molecule has 0 aliphatic carbocycles. The summed E-state index contributed by atoms with van der Waals surface area (Å²) in [5.74, 6) is 2.54. The molecule has 1 N–H and O–H groups in total. The van der Waals surface area contributed by atoms with Crippen LogP contribution >= 0.6 is 7.92 Å². The molecule has 0 aromatic heterocycles. The van der Waals surface area contributed by atoms with E-state index in [0.717, 1.165) is 43.7 Å². The van der Waals surface area contributed by atoms with Gasteiger partial charge < -0.3 is 18.9 Å². The van der Waals surface area contributed by atoms with Crippen LogP contribution in [-0.2, 0) is 10.1 Å². The van der Waals surface area contributed by atoms with Gasteiger partial charge in [-0.1, -0.05) is 66.7 Å². The molecule has 0 aliphatic rings. The third-order valence-electron chi connectivity index (χ3n) is 7.40. The van der Waals surface area contributed by atoms with Crippen molar-refractivity contribution in [3.05, 3.63) is 109 Å². The van der Waals surface area contributed by atoms with Crippen molar-refractivity contribution in [1.29, 1.82) is 0 Å². The normalized spacial score (nSPS) is 11.3. The van der Waals surface area contributed by atoms with Gasteiger partial charge in [-0.15, -0.1) is 0 Å². The summed E-state index contributed by atoms with van der Waals surface area (Å²) in [4.78, 5) is -0.176. The monoisotopic (exact) mass is 628 g/mol. The van der Waals surface area contributed by atoms with E-state index in [1.54, 1.807) is 40.6 Å². The standard InChI is InChI=1S/C35H33O7PS/c1-23-20-21-24(44(36,37)38)22-33(23)43(31-18-8-6-12-25(31)34-27(39-2)14-10-15-28(34)40-3)32-19-9-7-13-26(32)35-29(41-4)16-11-17-30(35)42-5/h6-22H,1-5H3,(H,36,37,38). The minimum absolute atomic E-state index is 0.176. The second-order valence-electron chi connectivity index (χ2n) is 9.87. The Morgan fingerprint density at radius 1 is 0.545 bits per heavy atom. The van der Waals surface area contributed by atoms with E-state index in [1.807, 2.05) is 91.9 Å². The van der Waals surface area contributed by atoms with Crippen LogP contribution in [-0.4, -0.2) is 41.4 Å². The molecule has 0 unspecified atom stereocenters. The van der Waals surface area contributed by atoms with E-state index in [2.05, 4.69) is 0 Å². The van der Waals surface area contributed by atoms with Crippen LogP contribution in [0, 0.1) is 6.92 Å². The van der Waals surface area contributed by atoms with Gasteiger partial charge in [-0.3, -0.25) is 4.55 Å². The number of hydrogen-bond acceptors (Lipinski definition) is 6. The lowest BCUT2D eigenvalue weighted by molar-refractivity contribution is 0.397. The molecule has 5 rings (SSSR count). The van der Waals surface area contributed by atoms with Crippen molar-refractivity contribution in [1.82, 2.24) is 0 Å². The van der Waals surface area contributed by atoms with Crippen molar-refractivity contribution in [3.8, 4) is 45.3 Å². The number of hydrogen-bond donors (Lipinski definition) is 1. The maximum absolute atomic E-state index is 12.4. The third kappa shape index (κ3) is 5.89. The topological polar surface area (TPSA) is 91.3 Å². The Hall–Kier alpha value is -4.36. The van der Waals surface area contributed by atoms with Crippen LogP contribution in [0.1, 0.15) is 5.56 Å². The minimum Gasteiger partial charge on any atom is -0.496 e. The Bertz CT molecular complexity index is 1780. The lowest BCUT2D eigenvalue weighted by atomic mass is 10.0. The first-order chi connectivity index (χ1) is 21.2. The highest BCUT2D eigenvalue weighted by Crippen LogP contribution is 2.47. The lowest BCUT2D eigenvalue weighted by Crippen LogP contribution is -2.26. The van der Waals surface area contributed by atoms with E-state index in [0.29, 0.717) is 23.0 Å². The first-order valence-corrected chi connectivity index (χ1v) is 16.5. The van der Waals surface area contributed by atoms with Gasteiger partial charge in [0.05, 0.1) is 44.5 Å². The van der Waals surface area contributed by atoms with Crippen LogP contribution in [0.3, 0.4) is 0 Å². The summed E-state index contributed by atoms with van der Waals surface area (Å²) in [6, 6.07) is 31.9. The molecule has 0 bridgehead atoms. The molecule has 0 saturated heterocycles. The van der Waals surface area contributed by atoms with Crippen molar-refractivity contribution in [2.24, 2.45) is 0 Å². The maximum atomic E-state index is 12.4. The molecule has 0 atom stereocenters. The summed E-state index contributed by atoms with van der Waals surface area (Å²) in [6.45, 7) is 1.94. The van der Waals surface area contributed by atoms with E-state index in [9.17, 15) is 13.0 Å². The molecule has 0 fully saturated rings. The average Bonchev–Trinajstić information content (AvgIpc) is 3.04. The molecule has 0 radical (unpaired) electrons. The molecule has 0 amide bonds. The summed E-state index contributed by atoms with van der Waals surface area (Å²) in [6.07, 6.45) is 0. The van der Waals surface area contributed by atoms with E-state index in [-0.39, 0.29) is 4.90 Å². The van der Waals surface area contributed by atoms with Gasteiger partial charge in [-0.05, 0) is 83.8 Å². The van der Waals surface area contributed by atoms with Gasteiger partial charge in [0.2, 0.25) is 0 Å². The van der Waals surface area contributed by atoms with Crippen LogP contribution in [0.15, 0.2) is 108 Å². The fraction of sp³-hybridized carbons (Fsp3) is 0.143. The zero-order valence-corrected chi connectivity index (χ0v) is 26.8. The fourth-order valence-corrected chi connectivity index (χ4v) is 8.77. The molecule has 0 spiro atoms. The maximum Gasteiger partial charge on any atom is 0.294 e. The summed E-state index contributed by atoms with van der Waals surface area (Å²) in [7, 11) is 0.508. The Labute approximate surface area is 259 Å². The van der Waals surface area contributed by atoms with Crippen molar-refractivity contribution in [2.45, 2.75) is 11.8 Å². The van der Waals surface area contributed by atoms with E-state index in [1.165, 1.54) is 6.07 Å². The predicted octanol–water partition coefficient (Wildman–Crippen LogP) is 6.37. The lowest BCUT2D eigenvalue weighted by Gasteiger charge is -2.28. The van der Waals surface area contributed by atoms with E-state index in [4.69, 9.17) is 18.9 Å². The van der Waals surface area contributed by atoms with Crippen LogP contribution < -0.4 is 34.9 Å². The SMILES string of the molecule is COc1cccc(OC)c1-c1ccccc1P(c1cc(S(=O)(=O)O)ccc1C)c1ccccc1-c1c(OC)cccc1OC. The molecule has 0 aliphatic heterocycles. The van der Waals surface area contributed by atoms with Crippen LogP contribution in [0.25, 0.3) is 22.3 Å².